The maximum atomic E-state index is 12.2. The molecular weight excluding hydrogens is 360 g/mol. The summed E-state index contributed by atoms with van der Waals surface area (Å²) in [4.78, 5) is 24.0. The first-order chi connectivity index (χ1) is 13.1. The normalized spacial score (nSPS) is 39.2. The van der Waals surface area contributed by atoms with E-state index < -0.39 is 41.8 Å². The van der Waals surface area contributed by atoms with Gasteiger partial charge < -0.3 is 19.3 Å². The molecule has 0 aromatic carbocycles. The molecule has 3 rings (SSSR count). The fourth-order valence-electron chi connectivity index (χ4n) is 4.42. The van der Waals surface area contributed by atoms with Crippen molar-refractivity contribution in [3.8, 4) is 0 Å². The number of rotatable bonds is 1. The number of fused-ring (bicyclic) bond motifs is 3. The van der Waals surface area contributed by atoms with Crippen LogP contribution < -0.4 is 0 Å². The van der Waals surface area contributed by atoms with Gasteiger partial charge in [0.25, 0.3) is 0 Å². The summed E-state index contributed by atoms with van der Waals surface area (Å²) in [5.41, 5.74) is 1.38. The van der Waals surface area contributed by atoms with Crippen molar-refractivity contribution in [2.45, 2.75) is 82.9 Å². The molecule has 6 heteroatoms. The predicted molar refractivity (Wildman–Crippen MR) is 103 cm³/mol. The van der Waals surface area contributed by atoms with Gasteiger partial charge in [-0.2, -0.15) is 0 Å². The average Bonchev–Trinajstić information content (AvgIpc) is 3.15. The Labute approximate surface area is 166 Å². The highest BCUT2D eigenvalue weighted by Crippen LogP contribution is 2.42. The highest BCUT2D eigenvalue weighted by Gasteiger charge is 2.50. The largest absolute Gasteiger partial charge is 0.454 e. The minimum absolute atomic E-state index is 0.0844. The summed E-state index contributed by atoms with van der Waals surface area (Å²) in [7, 11) is 0. The zero-order valence-corrected chi connectivity index (χ0v) is 16.9. The second-order valence-electron chi connectivity index (χ2n) is 8.39. The average molecular weight is 390 g/mol. The van der Waals surface area contributed by atoms with Crippen LogP contribution in [-0.2, 0) is 23.8 Å². The third-order valence-electron chi connectivity index (χ3n) is 6.27. The number of hydrogen-bond acceptors (Lipinski definition) is 6. The van der Waals surface area contributed by atoms with E-state index in [1.54, 1.807) is 0 Å². The van der Waals surface area contributed by atoms with Crippen LogP contribution in [0.2, 0.25) is 0 Å². The van der Waals surface area contributed by atoms with Gasteiger partial charge in [-0.3, -0.25) is 4.79 Å². The van der Waals surface area contributed by atoms with Crippen molar-refractivity contribution in [3.63, 3.8) is 0 Å². The minimum Gasteiger partial charge on any atom is -0.454 e. The Kier molecular flexibility index (Phi) is 5.82. The number of aliphatic hydroxyl groups is 1. The van der Waals surface area contributed by atoms with Gasteiger partial charge in [0, 0.05) is 18.4 Å². The lowest BCUT2D eigenvalue weighted by molar-refractivity contribution is -0.159. The quantitative estimate of drug-likeness (QED) is 0.421. The molecule has 6 unspecified atom stereocenters. The lowest BCUT2D eigenvalue weighted by Crippen LogP contribution is -2.44. The van der Waals surface area contributed by atoms with E-state index in [0.717, 1.165) is 24.0 Å². The van der Waals surface area contributed by atoms with E-state index in [-0.39, 0.29) is 12.5 Å². The zero-order valence-electron chi connectivity index (χ0n) is 16.9. The number of esters is 2. The minimum atomic E-state index is -0.813. The lowest BCUT2D eigenvalue weighted by Gasteiger charge is -2.34. The van der Waals surface area contributed by atoms with Crippen LogP contribution in [-0.4, -0.2) is 47.1 Å². The molecule has 3 aliphatic rings. The summed E-state index contributed by atoms with van der Waals surface area (Å²) in [6.45, 7) is 13.1. The predicted octanol–water partition coefficient (Wildman–Crippen LogP) is 3.00. The van der Waals surface area contributed by atoms with Gasteiger partial charge in [-0.25, -0.2) is 4.79 Å². The Balaban J connectivity index is 1.98. The fraction of sp³-hybridized carbons (Fsp3) is 0.636. The van der Waals surface area contributed by atoms with E-state index in [0.29, 0.717) is 18.4 Å². The number of ether oxygens (including phenoxy) is 3. The van der Waals surface area contributed by atoms with Crippen LogP contribution in [0.4, 0.5) is 0 Å². The van der Waals surface area contributed by atoms with E-state index in [1.165, 1.54) is 6.92 Å². The summed E-state index contributed by atoms with van der Waals surface area (Å²) in [5, 5.41) is 11.0. The Morgan fingerprint density at radius 3 is 2.79 bits per heavy atom. The number of hydrogen-bond donors (Lipinski definition) is 1. The molecule has 3 heterocycles. The Morgan fingerprint density at radius 2 is 2.11 bits per heavy atom. The number of aliphatic hydroxyl groups excluding tert-OH is 1. The first-order valence-electron chi connectivity index (χ1n) is 9.89. The maximum Gasteiger partial charge on any atom is 0.334 e. The highest BCUT2D eigenvalue weighted by molar-refractivity contribution is 5.91. The van der Waals surface area contributed by atoms with Crippen molar-refractivity contribution in [2.75, 3.05) is 0 Å². The molecule has 0 aliphatic carbocycles. The first kappa shape index (κ1) is 20.8. The SMILES string of the molecule is C=C1CCC=C(C)C(OC(C)=O)C2OC(=O)C(=C)C2CC(O)C2(C)CCC1O2. The summed E-state index contributed by atoms with van der Waals surface area (Å²) in [6, 6.07) is 0. The van der Waals surface area contributed by atoms with Crippen molar-refractivity contribution in [1.82, 2.24) is 0 Å². The highest BCUT2D eigenvalue weighted by atomic mass is 16.6. The lowest BCUT2D eigenvalue weighted by atomic mass is 9.81. The molecule has 6 atom stereocenters. The smallest absolute Gasteiger partial charge is 0.334 e. The van der Waals surface area contributed by atoms with E-state index in [2.05, 4.69) is 13.2 Å². The molecule has 2 saturated heterocycles. The molecule has 28 heavy (non-hydrogen) atoms. The van der Waals surface area contributed by atoms with Gasteiger partial charge in [0.15, 0.2) is 6.10 Å². The topological polar surface area (TPSA) is 82.1 Å². The van der Waals surface area contributed by atoms with Crippen LogP contribution in [0.1, 0.15) is 52.9 Å². The summed E-state index contributed by atoms with van der Waals surface area (Å²) >= 11 is 0. The Hall–Kier alpha value is -1.92. The van der Waals surface area contributed by atoms with Gasteiger partial charge in [-0.15, -0.1) is 0 Å². The Morgan fingerprint density at radius 1 is 1.39 bits per heavy atom. The molecule has 2 bridgehead atoms. The monoisotopic (exact) mass is 390 g/mol. The van der Waals surface area contributed by atoms with Crippen molar-refractivity contribution in [2.24, 2.45) is 5.92 Å². The molecule has 0 radical (unpaired) electrons. The number of allylic oxidation sites excluding steroid dienone is 1. The zero-order chi connectivity index (χ0) is 20.6. The van der Waals surface area contributed by atoms with E-state index >= 15 is 0 Å². The molecule has 0 aromatic rings. The van der Waals surface area contributed by atoms with Crippen LogP contribution >= 0.6 is 0 Å². The molecule has 0 aromatic heterocycles. The molecule has 154 valence electrons. The van der Waals surface area contributed by atoms with Gasteiger partial charge in [-0.05, 0) is 57.1 Å². The molecular formula is C22H30O6. The van der Waals surface area contributed by atoms with Crippen LogP contribution in [0.15, 0.2) is 36.0 Å². The van der Waals surface area contributed by atoms with E-state index in [9.17, 15) is 14.7 Å². The van der Waals surface area contributed by atoms with E-state index in [1.807, 2.05) is 19.9 Å². The van der Waals surface area contributed by atoms with Gasteiger partial charge in [-0.1, -0.05) is 19.2 Å². The third-order valence-corrected chi connectivity index (χ3v) is 6.27. The molecule has 0 amide bonds. The third kappa shape index (κ3) is 3.94. The van der Waals surface area contributed by atoms with Gasteiger partial charge >= 0.3 is 11.9 Å². The van der Waals surface area contributed by atoms with E-state index in [4.69, 9.17) is 14.2 Å². The second-order valence-corrected chi connectivity index (χ2v) is 8.39. The standard InChI is InChI=1S/C22H30O6/c1-12-7-6-8-13(2)19(26-15(4)23)20-16(14(3)21(25)27-20)11-18(24)22(5)10-9-17(12)28-22/h8,16-20,24H,1,3,6-7,9-11H2,2,4-5H3. The molecule has 0 spiro atoms. The van der Waals surface area contributed by atoms with Gasteiger partial charge in [0.1, 0.15) is 6.10 Å². The Bertz CT molecular complexity index is 723. The molecule has 1 N–H and O–H groups in total. The summed E-state index contributed by atoms with van der Waals surface area (Å²) < 4.78 is 17.3. The summed E-state index contributed by atoms with van der Waals surface area (Å²) in [6.07, 6.45) is 2.90. The molecule has 0 saturated carbocycles. The second kappa shape index (κ2) is 7.84. The van der Waals surface area contributed by atoms with Crippen LogP contribution in [0.5, 0.6) is 0 Å². The van der Waals surface area contributed by atoms with Crippen molar-refractivity contribution in [1.29, 1.82) is 0 Å². The fourth-order valence-corrected chi connectivity index (χ4v) is 4.42. The van der Waals surface area contributed by atoms with Crippen LogP contribution in [0, 0.1) is 5.92 Å². The number of carbonyl (C=O) groups excluding carboxylic acids is 2. The van der Waals surface area contributed by atoms with Crippen molar-refractivity contribution >= 4 is 11.9 Å². The maximum absolute atomic E-state index is 12.2. The van der Waals surface area contributed by atoms with Gasteiger partial charge in [0.2, 0.25) is 0 Å². The number of carbonyl (C=O) groups is 2. The van der Waals surface area contributed by atoms with Crippen molar-refractivity contribution < 1.29 is 28.9 Å². The molecule has 3 aliphatic heterocycles. The van der Waals surface area contributed by atoms with Crippen LogP contribution in [0.3, 0.4) is 0 Å². The first-order valence-corrected chi connectivity index (χ1v) is 9.89. The molecule has 2 fully saturated rings. The van der Waals surface area contributed by atoms with Crippen LogP contribution in [0.25, 0.3) is 0 Å². The van der Waals surface area contributed by atoms with Crippen molar-refractivity contribution in [3.05, 3.63) is 36.0 Å². The van der Waals surface area contributed by atoms with Gasteiger partial charge in [0.05, 0.1) is 17.8 Å². The molecule has 6 nitrogen and oxygen atoms in total. The summed E-state index contributed by atoms with van der Waals surface area (Å²) in [5.74, 6) is -1.42.